The van der Waals surface area contributed by atoms with Gasteiger partial charge in [0.25, 0.3) is 0 Å². The Bertz CT molecular complexity index is 641. The van der Waals surface area contributed by atoms with Crippen LogP contribution in [-0.2, 0) is 0 Å². The Hall–Kier alpha value is -1.17. The smallest absolute Gasteiger partial charge is 0.129 e. The fourth-order valence-electron chi connectivity index (χ4n) is 2.40. The maximum absolute atomic E-state index is 6.24. The maximum Gasteiger partial charge on any atom is 0.129 e. The van der Waals surface area contributed by atoms with Crippen molar-refractivity contribution in [2.24, 2.45) is 0 Å². The number of anilines is 1. The van der Waals surface area contributed by atoms with Crippen LogP contribution >= 0.6 is 27.5 Å². The molecule has 1 aliphatic rings. The van der Waals surface area contributed by atoms with E-state index in [9.17, 15) is 0 Å². The third kappa shape index (κ3) is 3.20. The molecule has 0 radical (unpaired) electrons. The molecular weight excluding hydrogens is 352 g/mol. The van der Waals surface area contributed by atoms with E-state index in [-0.39, 0.29) is 0 Å². The first-order valence-corrected chi connectivity index (χ1v) is 8.02. The van der Waals surface area contributed by atoms with Crippen molar-refractivity contribution in [3.05, 3.63) is 40.1 Å². The van der Waals surface area contributed by atoms with E-state index in [1.54, 1.807) is 12.4 Å². The summed E-state index contributed by atoms with van der Waals surface area (Å²) in [4.78, 5) is 13.5. The molecule has 0 aromatic carbocycles. The first-order valence-electron chi connectivity index (χ1n) is 6.85. The van der Waals surface area contributed by atoms with Crippen molar-refractivity contribution < 1.29 is 0 Å². The van der Waals surface area contributed by atoms with Crippen LogP contribution in [0, 0.1) is 0 Å². The van der Waals surface area contributed by atoms with Gasteiger partial charge in [0.15, 0.2) is 0 Å². The molecule has 2 aromatic heterocycles. The minimum Gasteiger partial charge on any atom is -0.354 e. The Kier molecular flexibility index (Phi) is 4.42. The van der Waals surface area contributed by atoms with Gasteiger partial charge in [-0.3, -0.25) is 4.98 Å². The van der Waals surface area contributed by atoms with Crippen LogP contribution in [-0.4, -0.2) is 48.1 Å². The molecule has 0 atom stereocenters. The first-order chi connectivity index (χ1) is 10.1. The van der Waals surface area contributed by atoms with Crippen molar-refractivity contribution in [3.63, 3.8) is 0 Å². The summed E-state index contributed by atoms with van der Waals surface area (Å²) in [5.41, 5.74) is 1.76. The highest BCUT2D eigenvalue weighted by molar-refractivity contribution is 9.10. The average Bonchev–Trinajstić information content (AvgIpc) is 2.50. The van der Waals surface area contributed by atoms with Gasteiger partial charge in [0.1, 0.15) is 5.82 Å². The van der Waals surface area contributed by atoms with Gasteiger partial charge in [-0.15, -0.1) is 0 Å². The summed E-state index contributed by atoms with van der Waals surface area (Å²) in [6, 6.07) is 5.98. The summed E-state index contributed by atoms with van der Waals surface area (Å²) in [6.07, 6.45) is 3.38. The Morgan fingerprint density at radius 2 is 1.90 bits per heavy atom. The van der Waals surface area contributed by atoms with E-state index in [4.69, 9.17) is 16.6 Å². The van der Waals surface area contributed by atoms with Gasteiger partial charge in [-0.25, -0.2) is 4.98 Å². The number of nitrogens with zero attached hydrogens (tertiary/aromatic N) is 4. The van der Waals surface area contributed by atoms with Gasteiger partial charge in [-0.2, -0.15) is 0 Å². The molecule has 6 heteroatoms. The van der Waals surface area contributed by atoms with E-state index in [0.717, 1.165) is 47.7 Å². The number of hydrogen-bond acceptors (Lipinski definition) is 4. The van der Waals surface area contributed by atoms with E-state index in [0.29, 0.717) is 5.02 Å². The van der Waals surface area contributed by atoms with Crippen LogP contribution in [0.1, 0.15) is 0 Å². The van der Waals surface area contributed by atoms with E-state index in [1.807, 2.05) is 18.2 Å². The molecule has 3 heterocycles. The monoisotopic (exact) mass is 366 g/mol. The van der Waals surface area contributed by atoms with Crippen molar-refractivity contribution in [2.75, 3.05) is 38.1 Å². The van der Waals surface area contributed by atoms with Gasteiger partial charge >= 0.3 is 0 Å². The lowest BCUT2D eigenvalue weighted by molar-refractivity contribution is 0.312. The third-order valence-corrected chi connectivity index (χ3v) is 4.63. The molecule has 0 N–H and O–H groups in total. The predicted molar refractivity (Wildman–Crippen MR) is 89.9 cm³/mol. The van der Waals surface area contributed by atoms with Crippen LogP contribution in [0.25, 0.3) is 11.3 Å². The van der Waals surface area contributed by atoms with Gasteiger partial charge in [-0.1, -0.05) is 11.6 Å². The SMILES string of the molecule is CN1CCN(c2ccc(Br)c(-c3ccncc3Cl)n2)CC1. The molecule has 0 aliphatic carbocycles. The first kappa shape index (κ1) is 14.8. The Balaban J connectivity index is 1.95. The Morgan fingerprint density at radius 3 is 2.62 bits per heavy atom. The quantitative estimate of drug-likeness (QED) is 0.815. The third-order valence-electron chi connectivity index (χ3n) is 3.69. The molecule has 1 saturated heterocycles. The van der Waals surface area contributed by atoms with Crippen molar-refractivity contribution in [1.82, 2.24) is 14.9 Å². The van der Waals surface area contributed by atoms with E-state index in [1.165, 1.54) is 0 Å². The van der Waals surface area contributed by atoms with Crippen LogP contribution in [0.2, 0.25) is 5.02 Å². The second kappa shape index (κ2) is 6.30. The minimum atomic E-state index is 0.612. The van der Waals surface area contributed by atoms with Crippen molar-refractivity contribution in [1.29, 1.82) is 0 Å². The zero-order chi connectivity index (χ0) is 14.8. The fraction of sp³-hybridized carbons (Fsp3) is 0.333. The van der Waals surface area contributed by atoms with Gasteiger partial charge in [-0.05, 0) is 41.2 Å². The second-order valence-corrected chi connectivity index (χ2v) is 6.41. The van der Waals surface area contributed by atoms with Crippen LogP contribution in [0.4, 0.5) is 5.82 Å². The van der Waals surface area contributed by atoms with Gasteiger partial charge in [0, 0.05) is 48.6 Å². The minimum absolute atomic E-state index is 0.612. The summed E-state index contributed by atoms with van der Waals surface area (Å²) in [5, 5.41) is 0.612. The number of rotatable bonds is 2. The molecule has 21 heavy (non-hydrogen) atoms. The van der Waals surface area contributed by atoms with E-state index >= 15 is 0 Å². The Morgan fingerprint density at radius 1 is 1.14 bits per heavy atom. The molecule has 0 saturated carbocycles. The van der Waals surface area contributed by atoms with Crippen LogP contribution in [0.5, 0.6) is 0 Å². The normalized spacial score (nSPS) is 16.2. The average molecular weight is 368 g/mol. The highest BCUT2D eigenvalue weighted by Gasteiger charge is 2.17. The van der Waals surface area contributed by atoms with Gasteiger partial charge < -0.3 is 9.80 Å². The molecule has 0 amide bonds. The Labute approximate surface area is 137 Å². The molecular formula is C15H16BrClN4. The molecule has 4 nitrogen and oxygen atoms in total. The van der Waals surface area contributed by atoms with Crippen molar-refractivity contribution >= 4 is 33.3 Å². The van der Waals surface area contributed by atoms with E-state index in [2.05, 4.69) is 37.8 Å². The van der Waals surface area contributed by atoms with Crippen LogP contribution in [0.15, 0.2) is 35.1 Å². The molecule has 0 bridgehead atoms. The number of halogens is 2. The number of pyridine rings is 2. The maximum atomic E-state index is 6.24. The lowest BCUT2D eigenvalue weighted by Crippen LogP contribution is -2.44. The molecule has 1 fully saturated rings. The molecule has 2 aromatic rings. The second-order valence-electron chi connectivity index (χ2n) is 5.15. The number of hydrogen-bond donors (Lipinski definition) is 0. The fourth-order valence-corrected chi connectivity index (χ4v) is 3.04. The van der Waals surface area contributed by atoms with Crippen molar-refractivity contribution in [3.8, 4) is 11.3 Å². The molecule has 0 unspecified atom stereocenters. The summed E-state index contributed by atoms with van der Waals surface area (Å²) in [5.74, 6) is 0.995. The zero-order valence-corrected chi connectivity index (χ0v) is 14.1. The zero-order valence-electron chi connectivity index (χ0n) is 11.8. The molecule has 110 valence electrons. The standard InChI is InChI=1S/C15H16BrClN4/c1-20-6-8-21(9-7-20)14-3-2-12(16)15(19-14)11-4-5-18-10-13(11)17/h2-5,10H,6-9H2,1H3. The highest BCUT2D eigenvalue weighted by Crippen LogP contribution is 2.33. The van der Waals surface area contributed by atoms with Crippen molar-refractivity contribution in [2.45, 2.75) is 0 Å². The van der Waals surface area contributed by atoms with Crippen LogP contribution < -0.4 is 4.90 Å². The van der Waals surface area contributed by atoms with Gasteiger partial charge in [0.05, 0.1) is 10.7 Å². The molecule has 3 rings (SSSR count). The number of likely N-dealkylation sites (N-methyl/N-ethyl adjacent to an activating group) is 1. The molecule has 1 aliphatic heterocycles. The number of piperazine rings is 1. The summed E-state index contributed by atoms with van der Waals surface area (Å²) < 4.78 is 0.938. The van der Waals surface area contributed by atoms with Gasteiger partial charge in [0.2, 0.25) is 0 Å². The lowest BCUT2D eigenvalue weighted by atomic mass is 10.2. The molecule has 0 spiro atoms. The number of aromatic nitrogens is 2. The highest BCUT2D eigenvalue weighted by atomic mass is 79.9. The lowest BCUT2D eigenvalue weighted by Gasteiger charge is -2.33. The topological polar surface area (TPSA) is 32.3 Å². The van der Waals surface area contributed by atoms with Crippen LogP contribution in [0.3, 0.4) is 0 Å². The summed E-state index contributed by atoms with van der Waals surface area (Å²) >= 11 is 9.81. The summed E-state index contributed by atoms with van der Waals surface area (Å²) in [6.45, 7) is 4.11. The van der Waals surface area contributed by atoms with E-state index < -0.39 is 0 Å². The summed E-state index contributed by atoms with van der Waals surface area (Å²) in [7, 11) is 2.15. The predicted octanol–water partition coefficient (Wildman–Crippen LogP) is 3.31. The largest absolute Gasteiger partial charge is 0.354 e.